The summed E-state index contributed by atoms with van der Waals surface area (Å²) < 4.78 is 0. The third-order valence-electron chi connectivity index (χ3n) is 4.30. The van der Waals surface area contributed by atoms with Gasteiger partial charge < -0.3 is 0 Å². The number of nitrogens with zero attached hydrogens (tertiary/aromatic N) is 3. The first-order chi connectivity index (χ1) is 13.6. The lowest BCUT2D eigenvalue weighted by molar-refractivity contribution is 1.18. The summed E-state index contributed by atoms with van der Waals surface area (Å²) in [6, 6.07) is 23.1. The van der Waals surface area contributed by atoms with Crippen LogP contribution in [0, 0.1) is 0 Å². The highest BCUT2D eigenvalue weighted by Gasteiger charge is 2.10. The second-order valence-corrected chi connectivity index (χ2v) is 7.03. The lowest BCUT2D eigenvalue weighted by Gasteiger charge is -2.09. The highest BCUT2D eigenvalue weighted by Crippen LogP contribution is 2.29. The molecule has 4 rings (SSSR count). The van der Waals surface area contributed by atoms with Crippen LogP contribution in [-0.2, 0) is 0 Å². The minimum absolute atomic E-state index is 0.461. The molecule has 1 aromatic heterocycles. The number of aromatic nitrogens is 2. The molecule has 3 aromatic carbocycles. The van der Waals surface area contributed by atoms with Crippen LogP contribution in [-0.4, -0.2) is 15.7 Å². The molecule has 0 aliphatic heterocycles. The largest absolute Gasteiger partial charge is 0.260 e. The molecule has 0 saturated heterocycles. The summed E-state index contributed by atoms with van der Waals surface area (Å²) in [6.07, 6.45) is 0. The Morgan fingerprint density at radius 3 is 2.39 bits per heavy atom. The minimum atomic E-state index is 0.461. The van der Waals surface area contributed by atoms with Gasteiger partial charge in [0.25, 0.3) is 0 Å². The normalized spacial score (nSPS) is 11.6. The Morgan fingerprint density at radius 2 is 1.61 bits per heavy atom. The van der Waals surface area contributed by atoms with Crippen molar-refractivity contribution in [1.29, 1.82) is 0 Å². The van der Waals surface area contributed by atoms with E-state index in [0.29, 0.717) is 21.7 Å². The second-order valence-electron chi connectivity index (χ2n) is 6.22. The highest BCUT2D eigenvalue weighted by molar-refractivity contribution is 6.42. The van der Waals surface area contributed by atoms with E-state index in [2.05, 4.69) is 20.5 Å². The van der Waals surface area contributed by atoms with Crippen molar-refractivity contribution in [3.63, 3.8) is 0 Å². The average Bonchev–Trinajstić information content (AvgIpc) is 2.74. The van der Waals surface area contributed by atoms with E-state index < -0.39 is 0 Å². The maximum absolute atomic E-state index is 6.17. The Morgan fingerprint density at radius 1 is 0.857 bits per heavy atom. The number of para-hydroxylation sites is 1. The molecule has 0 radical (unpaired) electrons. The standard InChI is InChI=1S/C22H16Cl2N4/c1-14(15-7-3-2-4-8-15)27-28-22-17-9-5-6-10-20(17)25-21(26-22)16-11-12-18(23)19(24)13-16/h2-13H,1H3,(H,25,26,28). The summed E-state index contributed by atoms with van der Waals surface area (Å²) >= 11 is 12.2. The van der Waals surface area contributed by atoms with Gasteiger partial charge in [-0.3, -0.25) is 5.43 Å². The van der Waals surface area contributed by atoms with Gasteiger partial charge in [0.05, 0.1) is 21.3 Å². The second kappa shape index (κ2) is 7.97. The topological polar surface area (TPSA) is 50.2 Å². The van der Waals surface area contributed by atoms with E-state index in [1.54, 1.807) is 12.1 Å². The number of hydrogen-bond acceptors (Lipinski definition) is 4. The Labute approximate surface area is 172 Å². The lowest BCUT2D eigenvalue weighted by atomic mass is 10.1. The zero-order valence-electron chi connectivity index (χ0n) is 15.0. The summed E-state index contributed by atoms with van der Waals surface area (Å²) in [5.74, 6) is 1.18. The first kappa shape index (κ1) is 18.4. The van der Waals surface area contributed by atoms with Crippen LogP contribution in [0.4, 0.5) is 5.82 Å². The van der Waals surface area contributed by atoms with Crippen molar-refractivity contribution in [2.75, 3.05) is 5.43 Å². The quantitative estimate of drug-likeness (QED) is 0.313. The Bertz CT molecular complexity index is 1170. The van der Waals surface area contributed by atoms with Crippen molar-refractivity contribution in [3.8, 4) is 11.4 Å². The van der Waals surface area contributed by atoms with E-state index in [4.69, 9.17) is 23.2 Å². The molecule has 6 heteroatoms. The van der Waals surface area contributed by atoms with E-state index in [1.165, 1.54) is 0 Å². The van der Waals surface area contributed by atoms with E-state index in [-0.39, 0.29) is 0 Å². The molecular weight excluding hydrogens is 391 g/mol. The zero-order valence-corrected chi connectivity index (χ0v) is 16.5. The molecule has 0 amide bonds. The third kappa shape index (κ3) is 3.84. The number of benzene rings is 3. The summed E-state index contributed by atoms with van der Waals surface area (Å²) in [5, 5.41) is 6.35. The van der Waals surface area contributed by atoms with Crippen molar-refractivity contribution in [3.05, 3.63) is 88.4 Å². The van der Waals surface area contributed by atoms with Gasteiger partial charge in [0.1, 0.15) is 0 Å². The van der Waals surface area contributed by atoms with Crippen LogP contribution in [0.3, 0.4) is 0 Å². The molecule has 0 saturated carbocycles. The van der Waals surface area contributed by atoms with Crippen LogP contribution in [0.2, 0.25) is 10.0 Å². The molecular formula is C22H16Cl2N4. The van der Waals surface area contributed by atoms with Crippen LogP contribution in [0.25, 0.3) is 22.3 Å². The molecule has 0 unspecified atom stereocenters. The van der Waals surface area contributed by atoms with Crippen molar-refractivity contribution in [2.45, 2.75) is 6.92 Å². The molecule has 1 N–H and O–H groups in total. The predicted molar refractivity (Wildman–Crippen MR) is 117 cm³/mol. The van der Waals surface area contributed by atoms with Gasteiger partial charge in [0.15, 0.2) is 11.6 Å². The SMILES string of the molecule is CC(=NNc1nc(-c2ccc(Cl)c(Cl)c2)nc2ccccc12)c1ccccc1. The lowest BCUT2D eigenvalue weighted by Crippen LogP contribution is -2.03. The Hall–Kier alpha value is -2.95. The monoisotopic (exact) mass is 406 g/mol. The summed E-state index contributed by atoms with van der Waals surface area (Å²) in [6.45, 7) is 1.95. The van der Waals surface area contributed by atoms with Crippen LogP contribution >= 0.6 is 23.2 Å². The van der Waals surface area contributed by atoms with Crippen molar-refractivity contribution >= 4 is 45.6 Å². The first-order valence-corrected chi connectivity index (χ1v) is 9.45. The van der Waals surface area contributed by atoms with Gasteiger partial charge in [-0.15, -0.1) is 0 Å². The molecule has 138 valence electrons. The van der Waals surface area contributed by atoms with E-state index in [0.717, 1.165) is 27.7 Å². The number of halogens is 2. The first-order valence-electron chi connectivity index (χ1n) is 8.70. The van der Waals surface area contributed by atoms with Gasteiger partial charge in [-0.25, -0.2) is 9.97 Å². The number of fused-ring (bicyclic) bond motifs is 1. The number of hydrazone groups is 1. The third-order valence-corrected chi connectivity index (χ3v) is 5.04. The number of rotatable bonds is 4. The Balaban J connectivity index is 1.77. The molecule has 1 heterocycles. The van der Waals surface area contributed by atoms with Gasteiger partial charge >= 0.3 is 0 Å². The molecule has 4 nitrogen and oxygen atoms in total. The molecule has 0 fully saturated rings. The fourth-order valence-corrected chi connectivity index (χ4v) is 3.10. The van der Waals surface area contributed by atoms with E-state index >= 15 is 0 Å². The molecule has 0 spiro atoms. The minimum Gasteiger partial charge on any atom is -0.260 e. The average molecular weight is 407 g/mol. The van der Waals surface area contributed by atoms with Crippen LogP contribution in [0.15, 0.2) is 77.9 Å². The molecule has 0 aliphatic rings. The maximum atomic E-state index is 6.17. The molecule has 28 heavy (non-hydrogen) atoms. The molecule has 0 bridgehead atoms. The summed E-state index contributed by atoms with van der Waals surface area (Å²) in [4.78, 5) is 9.34. The van der Waals surface area contributed by atoms with E-state index in [9.17, 15) is 0 Å². The van der Waals surface area contributed by atoms with Crippen molar-refractivity contribution in [2.24, 2.45) is 5.10 Å². The van der Waals surface area contributed by atoms with Gasteiger partial charge in [-0.05, 0) is 42.8 Å². The van der Waals surface area contributed by atoms with Gasteiger partial charge in [-0.2, -0.15) is 5.10 Å². The van der Waals surface area contributed by atoms with Crippen molar-refractivity contribution in [1.82, 2.24) is 9.97 Å². The zero-order chi connectivity index (χ0) is 19.5. The van der Waals surface area contributed by atoms with Gasteiger partial charge in [0.2, 0.25) is 0 Å². The summed E-state index contributed by atoms with van der Waals surface area (Å²) in [7, 11) is 0. The van der Waals surface area contributed by atoms with Crippen LogP contribution in [0.5, 0.6) is 0 Å². The molecule has 4 aromatic rings. The fourth-order valence-electron chi connectivity index (χ4n) is 2.81. The number of anilines is 1. The summed E-state index contributed by atoms with van der Waals surface area (Å²) in [5.41, 5.74) is 6.60. The van der Waals surface area contributed by atoms with Gasteiger partial charge in [-0.1, -0.05) is 65.7 Å². The van der Waals surface area contributed by atoms with Crippen LogP contribution in [0.1, 0.15) is 12.5 Å². The number of nitrogens with one attached hydrogen (secondary N) is 1. The number of hydrogen-bond donors (Lipinski definition) is 1. The smallest absolute Gasteiger partial charge is 0.162 e. The maximum Gasteiger partial charge on any atom is 0.162 e. The van der Waals surface area contributed by atoms with Gasteiger partial charge in [0, 0.05) is 10.9 Å². The van der Waals surface area contributed by atoms with E-state index in [1.807, 2.05) is 67.6 Å². The Kier molecular flexibility index (Phi) is 5.24. The van der Waals surface area contributed by atoms with Crippen molar-refractivity contribution < 1.29 is 0 Å². The fraction of sp³-hybridized carbons (Fsp3) is 0.0455. The molecule has 0 aliphatic carbocycles. The predicted octanol–water partition coefficient (Wildman–Crippen LogP) is 6.44. The van der Waals surface area contributed by atoms with Crippen LogP contribution < -0.4 is 5.43 Å². The highest BCUT2D eigenvalue weighted by atomic mass is 35.5. The molecule has 0 atom stereocenters.